The summed E-state index contributed by atoms with van der Waals surface area (Å²) in [7, 11) is 0. The van der Waals surface area contributed by atoms with Crippen molar-refractivity contribution >= 4 is 34.5 Å². The second-order valence-corrected chi connectivity index (χ2v) is 6.57. The molecule has 1 fully saturated rings. The molecule has 1 aliphatic heterocycles. The van der Waals surface area contributed by atoms with Gasteiger partial charge in [-0.25, -0.2) is 4.98 Å². The van der Waals surface area contributed by atoms with Crippen LogP contribution in [0.2, 0.25) is 0 Å². The van der Waals surface area contributed by atoms with Crippen LogP contribution in [0.25, 0.3) is 0 Å². The lowest BCUT2D eigenvalue weighted by Gasteiger charge is -2.36. The van der Waals surface area contributed by atoms with Crippen molar-refractivity contribution in [3.63, 3.8) is 0 Å². The van der Waals surface area contributed by atoms with Crippen LogP contribution in [0.4, 0.5) is 17.2 Å². The van der Waals surface area contributed by atoms with Crippen molar-refractivity contribution in [2.24, 2.45) is 0 Å². The van der Waals surface area contributed by atoms with Gasteiger partial charge in [-0.05, 0) is 50.3 Å². The molecule has 1 aromatic heterocycles. The van der Waals surface area contributed by atoms with E-state index in [0.29, 0.717) is 0 Å². The van der Waals surface area contributed by atoms with E-state index in [1.165, 1.54) is 5.69 Å². The first-order valence-electron chi connectivity index (χ1n) is 9.13. The van der Waals surface area contributed by atoms with Gasteiger partial charge in [0.05, 0.1) is 6.20 Å². The van der Waals surface area contributed by atoms with Crippen molar-refractivity contribution < 1.29 is 0 Å². The number of aromatic nitrogens is 2. The highest BCUT2D eigenvalue weighted by molar-refractivity contribution is 7.80. The van der Waals surface area contributed by atoms with Crippen LogP contribution >= 0.6 is 12.2 Å². The quantitative estimate of drug-likeness (QED) is 0.812. The molecule has 0 bridgehead atoms. The van der Waals surface area contributed by atoms with E-state index in [0.717, 1.165) is 55.9 Å². The predicted octanol–water partition coefficient (Wildman–Crippen LogP) is 2.84. The second kappa shape index (κ2) is 8.80. The van der Waals surface area contributed by atoms with Crippen molar-refractivity contribution in [3.05, 3.63) is 42.9 Å². The number of anilines is 3. The van der Waals surface area contributed by atoms with Crippen LogP contribution < -0.4 is 15.1 Å². The Morgan fingerprint density at radius 2 is 1.77 bits per heavy atom. The van der Waals surface area contributed by atoms with Gasteiger partial charge in [0.2, 0.25) is 0 Å². The largest absolute Gasteiger partial charge is 0.372 e. The number of hydrogen-bond acceptors (Lipinski definition) is 5. The van der Waals surface area contributed by atoms with Crippen LogP contribution in [-0.4, -0.2) is 59.2 Å². The van der Waals surface area contributed by atoms with Gasteiger partial charge >= 0.3 is 0 Å². The molecular weight excluding hydrogens is 344 g/mol. The molecule has 1 saturated heterocycles. The number of hydrogen-bond donors (Lipinski definition) is 1. The fourth-order valence-corrected chi connectivity index (χ4v) is 3.44. The van der Waals surface area contributed by atoms with Gasteiger partial charge in [-0.2, -0.15) is 0 Å². The Kier molecular flexibility index (Phi) is 6.22. The zero-order valence-electron chi connectivity index (χ0n) is 15.4. The second-order valence-electron chi connectivity index (χ2n) is 6.19. The lowest BCUT2D eigenvalue weighted by molar-refractivity contribution is 0.389. The van der Waals surface area contributed by atoms with Crippen molar-refractivity contribution in [3.8, 4) is 0 Å². The third kappa shape index (κ3) is 4.40. The maximum Gasteiger partial charge on any atom is 0.173 e. The molecular formula is C19H26N6S. The first-order valence-corrected chi connectivity index (χ1v) is 9.54. The van der Waals surface area contributed by atoms with Gasteiger partial charge in [-0.3, -0.25) is 4.98 Å². The van der Waals surface area contributed by atoms with E-state index in [1.54, 1.807) is 12.4 Å². The molecule has 6 nitrogen and oxygen atoms in total. The molecule has 0 radical (unpaired) electrons. The first-order chi connectivity index (χ1) is 12.7. The summed E-state index contributed by atoms with van der Waals surface area (Å²) in [4.78, 5) is 15.3. The van der Waals surface area contributed by atoms with Gasteiger partial charge in [0.1, 0.15) is 5.82 Å². The van der Waals surface area contributed by atoms with Crippen LogP contribution in [0.15, 0.2) is 42.9 Å². The van der Waals surface area contributed by atoms with Crippen LogP contribution in [0.1, 0.15) is 13.8 Å². The molecule has 2 heterocycles. The Bertz CT molecular complexity index is 694. The Labute approximate surface area is 160 Å². The molecule has 3 rings (SSSR count). The van der Waals surface area contributed by atoms with E-state index in [1.807, 2.05) is 6.20 Å². The van der Waals surface area contributed by atoms with Crippen LogP contribution in [0.5, 0.6) is 0 Å². The number of rotatable bonds is 5. The highest BCUT2D eigenvalue weighted by atomic mass is 32.1. The van der Waals surface area contributed by atoms with Crippen molar-refractivity contribution in [1.82, 2.24) is 14.9 Å². The molecule has 1 aromatic carbocycles. The van der Waals surface area contributed by atoms with E-state index in [2.05, 4.69) is 68.1 Å². The molecule has 1 N–H and O–H groups in total. The average Bonchev–Trinajstić information content (AvgIpc) is 2.71. The summed E-state index contributed by atoms with van der Waals surface area (Å²) in [6.45, 7) is 9.90. The van der Waals surface area contributed by atoms with Gasteiger partial charge in [0, 0.05) is 63.0 Å². The number of nitrogens with one attached hydrogen (secondary N) is 1. The normalized spacial score (nSPS) is 14.2. The first kappa shape index (κ1) is 18.4. The smallest absolute Gasteiger partial charge is 0.173 e. The average molecular weight is 371 g/mol. The van der Waals surface area contributed by atoms with E-state index in [-0.39, 0.29) is 0 Å². The van der Waals surface area contributed by atoms with Crippen LogP contribution in [-0.2, 0) is 0 Å². The Morgan fingerprint density at radius 3 is 2.35 bits per heavy atom. The number of thiocarbonyl (C=S) groups is 1. The minimum Gasteiger partial charge on any atom is -0.372 e. The Morgan fingerprint density at radius 1 is 1.08 bits per heavy atom. The van der Waals surface area contributed by atoms with E-state index < -0.39 is 0 Å². The SMILES string of the molecule is CCN(CC)c1ccc(NC(=S)N2CCN(c3cnccn3)CC2)cc1. The molecule has 0 unspecified atom stereocenters. The predicted molar refractivity (Wildman–Crippen MR) is 112 cm³/mol. The Balaban J connectivity index is 1.53. The molecule has 7 heteroatoms. The number of piperazine rings is 1. The van der Waals surface area contributed by atoms with Gasteiger partial charge in [-0.15, -0.1) is 0 Å². The molecule has 1 aliphatic rings. The maximum atomic E-state index is 5.60. The monoisotopic (exact) mass is 370 g/mol. The summed E-state index contributed by atoms with van der Waals surface area (Å²) in [5, 5.41) is 4.14. The maximum absolute atomic E-state index is 5.60. The molecule has 0 spiro atoms. The lowest BCUT2D eigenvalue weighted by atomic mass is 10.2. The van der Waals surface area contributed by atoms with Gasteiger partial charge in [0.25, 0.3) is 0 Å². The van der Waals surface area contributed by atoms with Crippen molar-refractivity contribution in [2.45, 2.75) is 13.8 Å². The number of benzene rings is 1. The minimum absolute atomic E-state index is 0.777. The molecule has 26 heavy (non-hydrogen) atoms. The molecule has 138 valence electrons. The van der Waals surface area contributed by atoms with E-state index in [4.69, 9.17) is 12.2 Å². The zero-order valence-corrected chi connectivity index (χ0v) is 16.2. The summed E-state index contributed by atoms with van der Waals surface area (Å²) in [6.07, 6.45) is 5.24. The Hall–Kier alpha value is -2.41. The number of nitrogens with zero attached hydrogens (tertiary/aromatic N) is 5. The zero-order chi connectivity index (χ0) is 18.4. The van der Waals surface area contributed by atoms with E-state index >= 15 is 0 Å². The summed E-state index contributed by atoms with van der Waals surface area (Å²) >= 11 is 5.60. The molecule has 0 atom stereocenters. The summed E-state index contributed by atoms with van der Waals surface area (Å²) in [5.74, 6) is 0.929. The summed E-state index contributed by atoms with van der Waals surface area (Å²) in [5.41, 5.74) is 2.27. The minimum atomic E-state index is 0.777. The fourth-order valence-electron chi connectivity index (χ4n) is 3.14. The fraction of sp³-hybridized carbons (Fsp3) is 0.421. The van der Waals surface area contributed by atoms with Gasteiger partial charge in [-0.1, -0.05) is 0 Å². The molecule has 2 aromatic rings. The molecule has 0 amide bonds. The van der Waals surface area contributed by atoms with Crippen molar-refractivity contribution in [2.75, 3.05) is 54.4 Å². The van der Waals surface area contributed by atoms with Gasteiger partial charge < -0.3 is 20.0 Å². The standard InChI is InChI=1S/C19H26N6S/c1-3-23(4-2)17-7-5-16(6-8-17)22-19(26)25-13-11-24(12-14-25)18-15-20-9-10-21-18/h5-10,15H,3-4,11-14H2,1-2H3,(H,22,26). The van der Waals surface area contributed by atoms with Crippen LogP contribution in [0.3, 0.4) is 0 Å². The molecule has 0 aliphatic carbocycles. The highest BCUT2D eigenvalue weighted by Gasteiger charge is 2.20. The third-order valence-electron chi connectivity index (χ3n) is 4.69. The van der Waals surface area contributed by atoms with Crippen LogP contribution in [0, 0.1) is 0 Å². The summed E-state index contributed by atoms with van der Waals surface area (Å²) < 4.78 is 0. The van der Waals surface area contributed by atoms with Gasteiger partial charge in [0.15, 0.2) is 5.11 Å². The van der Waals surface area contributed by atoms with E-state index in [9.17, 15) is 0 Å². The van der Waals surface area contributed by atoms with Crippen molar-refractivity contribution in [1.29, 1.82) is 0 Å². The molecule has 0 saturated carbocycles. The highest BCUT2D eigenvalue weighted by Crippen LogP contribution is 2.18. The lowest BCUT2D eigenvalue weighted by Crippen LogP contribution is -2.50. The third-order valence-corrected chi connectivity index (χ3v) is 5.05. The summed E-state index contributed by atoms with van der Waals surface area (Å²) in [6, 6.07) is 8.47. The topological polar surface area (TPSA) is 47.5 Å².